The van der Waals surface area contributed by atoms with E-state index in [0.717, 1.165) is 22.6 Å². The number of thioether (sulfide) groups is 1. The lowest BCUT2D eigenvalue weighted by Gasteiger charge is -2.25. The third-order valence-electron chi connectivity index (χ3n) is 4.36. The van der Waals surface area contributed by atoms with Gasteiger partial charge in [-0.15, -0.1) is 0 Å². The van der Waals surface area contributed by atoms with Crippen LogP contribution in [0.2, 0.25) is 5.02 Å². The second-order valence-corrected chi connectivity index (χ2v) is 9.90. The molecule has 8 heteroatoms. The molecule has 0 aliphatic carbocycles. The van der Waals surface area contributed by atoms with Crippen molar-refractivity contribution in [3.8, 4) is 0 Å². The van der Waals surface area contributed by atoms with E-state index >= 15 is 0 Å². The Kier molecular flexibility index (Phi) is 6.47. The number of halogens is 1. The van der Waals surface area contributed by atoms with Gasteiger partial charge in [0.2, 0.25) is 10.0 Å². The summed E-state index contributed by atoms with van der Waals surface area (Å²) >= 11 is 7.89. The Morgan fingerprint density at radius 1 is 1.15 bits per heavy atom. The normalized spacial score (nSPS) is 15.5. The van der Waals surface area contributed by atoms with Crippen LogP contribution in [0.4, 0.5) is 0 Å². The minimum Gasteiger partial charge on any atom is -0.348 e. The number of carbonyl (C=O) groups excluding carboxylic acids is 1. The summed E-state index contributed by atoms with van der Waals surface area (Å²) < 4.78 is 27.1. The van der Waals surface area contributed by atoms with Crippen LogP contribution in [0.1, 0.15) is 21.5 Å². The van der Waals surface area contributed by atoms with E-state index in [1.165, 1.54) is 22.5 Å². The summed E-state index contributed by atoms with van der Waals surface area (Å²) in [5, 5.41) is 3.03. The monoisotopic (exact) mass is 424 g/mol. The predicted octanol–water partition coefficient (Wildman–Crippen LogP) is 3.32. The average Bonchev–Trinajstić information content (AvgIpc) is 2.68. The van der Waals surface area contributed by atoms with Crippen LogP contribution in [0.25, 0.3) is 0 Å². The van der Waals surface area contributed by atoms with Crippen molar-refractivity contribution in [3.63, 3.8) is 0 Å². The van der Waals surface area contributed by atoms with E-state index in [4.69, 9.17) is 11.6 Å². The van der Waals surface area contributed by atoms with Gasteiger partial charge in [-0.05, 0) is 30.7 Å². The largest absolute Gasteiger partial charge is 0.348 e. The molecular weight excluding hydrogens is 404 g/mol. The first-order valence-corrected chi connectivity index (χ1v) is 11.6. The molecular formula is C19H21ClN2O3S2. The number of nitrogens with zero attached hydrogens (tertiary/aromatic N) is 1. The van der Waals surface area contributed by atoms with Crippen molar-refractivity contribution in [1.29, 1.82) is 0 Å². The van der Waals surface area contributed by atoms with Gasteiger partial charge in [-0.2, -0.15) is 16.1 Å². The summed E-state index contributed by atoms with van der Waals surface area (Å²) in [5.41, 5.74) is 2.26. The van der Waals surface area contributed by atoms with Crippen LogP contribution < -0.4 is 5.32 Å². The summed E-state index contributed by atoms with van der Waals surface area (Å²) in [4.78, 5) is 12.7. The number of rotatable bonds is 5. The SMILES string of the molecule is Cc1ccc(CNC(=O)c2cc(S(=O)(=O)N3CCSCC3)ccc2Cl)cc1. The Morgan fingerprint density at radius 2 is 1.81 bits per heavy atom. The molecule has 0 bridgehead atoms. The van der Waals surface area contributed by atoms with Crippen molar-refractivity contribution >= 4 is 39.3 Å². The van der Waals surface area contributed by atoms with Gasteiger partial charge in [-0.1, -0.05) is 41.4 Å². The second-order valence-electron chi connectivity index (χ2n) is 6.33. The lowest BCUT2D eigenvalue weighted by atomic mass is 10.1. The first kappa shape index (κ1) is 20.2. The average molecular weight is 425 g/mol. The first-order valence-electron chi connectivity index (χ1n) is 8.59. The molecule has 1 fully saturated rings. The summed E-state index contributed by atoms with van der Waals surface area (Å²) in [6.07, 6.45) is 0. The number of hydrogen-bond donors (Lipinski definition) is 1. The number of nitrogens with one attached hydrogen (secondary N) is 1. The molecule has 5 nitrogen and oxygen atoms in total. The molecule has 1 aliphatic rings. The van der Waals surface area contributed by atoms with Gasteiger partial charge in [-0.25, -0.2) is 8.42 Å². The highest BCUT2D eigenvalue weighted by Crippen LogP contribution is 2.25. The van der Waals surface area contributed by atoms with Gasteiger partial charge in [0.15, 0.2) is 0 Å². The predicted molar refractivity (Wildman–Crippen MR) is 110 cm³/mol. The van der Waals surface area contributed by atoms with Crippen LogP contribution >= 0.6 is 23.4 Å². The smallest absolute Gasteiger partial charge is 0.253 e. The molecule has 0 unspecified atom stereocenters. The zero-order valence-corrected chi connectivity index (χ0v) is 17.3. The third kappa shape index (κ3) is 4.85. The minimum absolute atomic E-state index is 0.0966. The second kappa shape index (κ2) is 8.65. The van der Waals surface area contributed by atoms with E-state index in [0.29, 0.717) is 19.6 Å². The molecule has 1 aliphatic heterocycles. The van der Waals surface area contributed by atoms with Gasteiger partial charge in [-0.3, -0.25) is 4.79 Å². The molecule has 1 amide bonds. The van der Waals surface area contributed by atoms with Crippen LogP contribution in [0.5, 0.6) is 0 Å². The Bertz CT molecular complexity index is 924. The van der Waals surface area contributed by atoms with Crippen LogP contribution in [-0.2, 0) is 16.6 Å². The molecule has 0 spiro atoms. The molecule has 2 aromatic carbocycles. The zero-order valence-electron chi connectivity index (χ0n) is 14.9. The molecule has 1 saturated heterocycles. The van der Waals surface area contributed by atoms with Crippen molar-refractivity contribution < 1.29 is 13.2 Å². The Hall–Kier alpha value is -1.54. The number of sulfonamides is 1. The number of carbonyl (C=O) groups is 1. The molecule has 0 radical (unpaired) electrons. The van der Waals surface area contributed by atoms with Gasteiger partial charge in [0, 0.05) is 31.1 Å². The fraction of sp³-hybridized carbons (Fsp3) is 0.316. The van der Waals surface area contributed by atoms with Crippen LogP contribution in [0.15, 0.2) is 47.4 Å². The highest BCUT2D eigenvalue weighted by atomic mass is 35.5. The van der Waals surface area contributed by atoms with Gasteiger partial charge in [0.25, 0.3) is 5.91 Å². The van der Waals surface area contributed by atoms with E-state index in [-0.39, 0.29) is 15.5 Å². The fourth-order valence-corrected chi connectivity index (χ4v) is 5.56. The summed E-state index contributed by atoms with van der Waals surface area (Å²) in [6, 6.07) is 12.1. The van der Waals surface area contributed by atoms with Crippen molar-refractivity contribution in [1.82, 2.24) is 9.62 Å². The van der Waals surface area contributed by atoms with Crippen molar-refractivity contribution in [2.24, 2.45) is 0 Å². The maximum absolute atomic E-state index is 12.8. The topological polar surface area (TPSA) is 66.5 Å². The minimum atomic E-state index is -3.63. The number of aryl methyl sites for hydroxylation is 1. The molecule has 2 aromatic rings. The van der Waals surface area contributed by atoms with E-state index in [9.17, 15) is 13.2 Å². The maximum atomic E-state index is 12.8. The molecule has 0 atom stereocenters. The summed E-state index contributed by atoms with van der Waals surface area (Å²) in [5.74, 6) is 1.15. The van der Waals surface area contributed by atoms with E-state index < -0.39 is 15.9 Å². The number of hydrogen-bond acceptors (Lipinski definition) is 4. The van der Waals surface area contributed by atoms with Crippen LogP contribution in [-0.4, -0.2) is 43.2 Å². The van der Waals surface area contributed by atoms with Crippen molar-refractivity contribution in [2.45, 2.75) is 18.4 Å². The molecule has 27 heavy (non-hydrogen) atoms. The van der Waals surface area contributed by atoms with E-state index in [1.54, 1.807) is 11.8 Å². The van der Waals surface area contributed by atoms with Gasteiger partial charge < -0.3 is 5.32 Å². The lowest BCUT2D eigenvalue weighted by Crippen LogP contribution is -2.38. The highest BCUT2D eigenvalue weighted by molar-refractivity contribution is 7.99. The maximum Gasteiger partial charge on any atom is 0.253 e. The molecule has 1 heterocycles. The lowest BCUT2D eigenvalue weighted by molar-refractivity contribution is 0.0951. The molecule has 0 saturated carbocycles. The molecule has 3 rings (SSSR count). The zero-order chi connectivity index (χ0) is 19.4. The van der Waals surface area contributed by atoms with Crippen molar-refractivity contribution in [2.75, 3.05) is 24.6 Å². The fourth-order valence-electron chi connectivity index (χ4n) is 2.76. The van der Waals surface area contributed by atoms with Gasteiger partial charge in [0.1, 0.15) is 0 Å². The molecule has 144 valence electrons. The number of benzene rings is 2. The first-order chi connectivity index (χ1) is 12.9. The van der Waals surface area contributed by atoms with E-state index in [2.05, 4.69) is 5.32 Å². The Labute approximate surface area is 169 Å². The highest BCUT2D eigenvalue weighted by Gasteiger charge is 2.27. The van der Waals surface area contributed by atoms with Gasteiger partial charge in [0.05, 0.1) is 15.5 Å². The van der Waals surface area contributed by atoms with Crippen LogP contribution in [0, 0.1) is 6.92 Å². The molecule has 0 aromatic heterocycles. The summed E-state index contributed by atoms with van der Waals surface area (Å²) in [6.45, 7) is 3.29. The summed E-state index contributed by atoms with van der Waals surface area (Å²) in [7, 11) is -3.63. The third-order valence-corrected chi connectivity index (χ3v) is 7.53. The van der Waals surface area contributed by atoms with E-state index in [1.807, 2.05) is 31.2 Å². The standard InChI is InChI=1S/C19H21ClN2O3S2/c1-14-2-4-15(5-3-14)13-21-19(23)17-12-16(6-7-18(17)20)27(24,25)22-8-10-26-11-9-22/h2-7,12H,8-11,13H2,1H3,(H,21,23). The Morgan fingerprint density at radius 3 is 2.48 bits per heavy atom. The van der Waals surface area contributed by atoms with Crippen molar-refractivity contribution in [3.05, 3.63) is 64.2 Å². The Balaban J connectivity index is 1.78. The quantitative estimate of drug-likeness (QED) is 0.799. The molecule has 1 N–H and O–H groups in total. The van der Waals surface area contributed by atoms with Crippen LogP contribution in [0.3, 0.4) is 0 Å². The van der Waals surface area contributed by atoms with Gasteiger partial charge >= 0.3 is 0 Å². The number of amides is 1.